The lowest BCUT2D eigenvalue weighted by Crippen LogP contribution is -2.38. The van der Waals surface area contributed by atoms with Crippen molar-refractivity contribution in [3.05, 3.63) is 53.3 Å². The third kappa shape index (κ3) is 5.42. The summed E-state index contributed by atoms with van der Waals surface area (Å²) >= 11 is 6.04. The van der Waals surface area contributed by atoms with Crippen molar-refractivity contribution in [1.82, 2.24) is 14.6 Å². The summed E-state index contributed by atoms with van der Waals surface area (Å²) in [7, 11) is -2.09. The van der Waals surface area contributed by atoms with Crippen LogP contribution in [-0.2, 0) is 16.6 Å². The van der Waals surface area contributed by atoms with Crippen LogP contribution in [-0.4, -0.2) is 45.0 Å². The number of nitrogens with zero attached hydrogens (tertiary/aromatic N) is 2. The first-order valence-corrected chi connectivity index (χ1v) is 10.8. The third-order valence-electron chi connectivity index (χ3n) is 4.83. The van der Waals surface area contributed by atoms with Gasteiger partial charge in [-0.15, -0.1) is 0 Å². The van der Waals surface area contributed by atoms with Gasteiger partial charge in [0.1, 0.15) is 5.75 Å². The average molecular weight is 410 g/mol. The summed E-state index contributed by atoms with van der Waals surface area (Å²) in [6, 6.07) is 8.51. The quantitative estimate of drug-likeness (QED) is 0.761. The van der Waals surface area contributed by atoms with Crippen LogP contribution in [0.25, 0.3) is 0 Å². The number of hydrogen-bond donors (Lipinski definition) is 1. The average Bonchev–Trinajstić information content (AvgIpc) is 2.68. The van der Waals surface area contributed by atoms with E-state index in [2.05, 4.69) is 20.7 Å². The van der Waals surface area contributed by atoms with Crippen molar-refractivity contribution < 1.29 is 13.2 Å². The van der Waals surface area contributed by atoms with Crippen LogP contribution < -0.4 is 9.46 Å². The van der Waals surface area contributed by atoms with Crippen molar-refractivity contribution in [1.29, 1.82) is 0 Å². The van der Waals surface area contributed by atoms with Gasteiger partial charge in [-0.3, -0.25) is 9.88 Å². The predicted octanol–water partition coefficient (Wildman–Crippen LogP) is 2.93. The van der Waals surface area contributed by atoms with E-state index in [4.69, 9.17) is 16.3 Å². The maximum absolute atomic E-state index is 12.5. The Hall–Kier alpha value is -1.67. The molecule has 1 aromatic heterocycles. The topological polar surface area (TPSA) is 71.5 Å². The van der Waals surface area contributed by atoms with Crippen LogP contribution in [0, 0.1) is 5.92 Å². The SMILES string of the molecule is COc1ccc(S(=O)(=O)NCC2CCN(Cc3cccnc3)CC2)cc1Cl. The van der Waals surface area contributed by atoms with E-state index in [1.165, 1.54) is 24.8 Å². The van der Waals surface area contributed by atoms with E-state index >= 15 is 0 Å². The fourth-order valence-electron chi connectivity index (χ4n) is 3.22. The molecule has 1 fully saturated rings. The minimum Gasteiger partial charge on any atom is -0.495 e. The molecule has 1 aliphatic heterocycles. The summed E-state index contributed by atoms with van der Waals surface area (Å²) < 4.78 is 32.8. The molecule has 3 rings (SSSR count). The molecule has 27 heavy (non-hydrogen) atoms. The van der Waals surface area contributed by atoms with Gasteiger partial charge in [0.05, 0.1) is 17.0 Å². The van der Waals surface area contributed by atoms with E-state index in [1.54, 1.807) is 12.3 Å². The summed E-state index contributed by atoms with van der Waals surface area (Å²) in [4.78, 5) is 6.68. The number of hydrogen-bond acceptors (Lipinski definition) is 5. The van der Waals surface area contributed by atoms with Gasteiger partial charge < -0.3 is 4.74 Å². The molecule has 1 aromatic carbocycles. The lowest BCUT2D eigenvalue weighted by Gasteiger charge is -2.31. The molecule has 1 saturated heterocycles. The number of ether oxygens (including phenoxy) is 1. The maximum Gasteiger partial charge on any atom is 0.240 e. The molecule has 0 aliphatic carbocycles. The van der Waals surface area contributed by atoms with E-state index in [0.717, 1.165) is 32.5 Å². The molecular formula is C19H24ClN3O3S. The molecule has 1 N–H and O–H groups in total. The molecule has 0 saturated carbocycles. The lowest BCUT2D eigenvalue weighted by molar-refractivity contribution is 0.178. The van der Waals surface area contributed by atoms with E-state index in [1.807, 2.05) is 12.3 Å². The summed E-state index contributed by atoms with van der Waals surface area (Å²) in [6.45, 7) is 3.23. The molecule has 0 unspecified atom stereocenters. The van der Waals surface area contributed by atoms with Gasteiger partial charge in [-0.25, -0.2) is 13.1 Å². The monoisotopic (exact) mass is 409 g/mol. The van der Waals surface area contributed by atoms with Crippen molar-refractivity contribution in [3.63, 3.8) is 0 Å². The summed E-state index contributed by atoms with van der Waals surface area (Å²) in [5.74, 6) is 0.787. The highest BCUT2D eigenvalue weighted by Gasteiger charge is 2.22. The molecule has 0 atom stereocenters. The van der Waals surface area contributed by atoms with Gasteiger partial charge in [-0.05, 0) is 61.7 Å². The number of methoxy groups -OCH3 is 1. The van der Waals surface area contributed by atoms with Gasteiger partial charge in [0.15, 0.2) is 0 Å². The van der Waals surface area contributed by atoms with Crippen LogP contribution in [0.15, 0.2) is 47.6 Å². The van der Waals surface area contributed by atoms with Crippen LogP contribution >= 0.6 is 11.6 Å². The van der Waals surface area contributed by atoms with E-state index in [-0.39, 0.29) is 9.92 Å². The number of nitrogens with one attached hydrogen (secondary N) is 1. The molecule has 146 valence electrons. The number of sulfonamides is 1. The highest BCUT2D eigenvalue weighted by Crippen LogP contribution is 2.27. The van der Waals surface area contributed by atoms with E-state index in [9.17, 15) is 8.42 Å². The van der Waals surface area contributed by atoms with Gasteiger partial charge in [-0.1, -0.05) is 17.7 Å². The number of likely N-dealkylation sites (tertiary alicyclic amines) is 1. The highest BCUT2D eigenvalue weighted by atomic mass is 35.5. The summed E-state index contributed by atoms with van der Waals surface area (Å²) in [5.41, 5.74) is 1.20. The van der Waals surface area contributed by atoms with Gasteiger partial charge in [0.2, 0.25) is 10.0 Å². The van der Waals surface area contributed by atoms with Crippen molar-refractivity contribution in [2.45, 2.75) is 24.3 Å². The van der Waals surface area contributed by atoms with Crippen LogP contribution in [0.5, 0.6) is 5.75 Å². The van der Waals surface area contributed by atoms with Crippen molar-refractivity contribution in [2.75, 3.05) is 26.7 Å². The first-order chi connectivity index (χ1) is 13.0. The summed E-state index contributed by atoms with van der Waals surface area (Å²) in [6.07, 6.45) is 5.59. The van der Waals surface area contributed by atoms with Gasteiger partial charge in [0, 0.05) is 25.5 Å². The first-order valence-electron chi connectivity index (χ1n) is 8.92. The van der Waals surface area contributed by atoms with Crippen LogP contribution in [0.3, 0.4) is 0 Å². The molecule has 2 aromatic rings. The smallest absolute Gasteiger partial charge is 0.240 e. The second-order valence-corrected chi connectivity index (χ2v) is 8.90. The third-order valence-corrected chi connectivity index (χ3v) is 6.55. The molecule has 0 spiro atoms. The Kier molecular flexibility index (Phi) is 6.70. The predicted molar refractivity (Wildman–Crippen MR) is 105 cm³/mol. The number of pyridine rings is 1. The number of halogens is 1. The molecule has 6 nitrogen and oxygen atoms in total. The highest BCUT2D eigenvalue weighted by molar-refractivity contribution is 7.89. The van der Waals surface area contributed by atoms with Gasteiger partial charge in [0.25, 0.3) is 0 Å². The zero-order chi connectivity index (χ0) is 19.3. The molecule has 0 radical (unpaired) electrons. The largest absolute Gasteiger partial charge is 0.495 e. The standard InChI is InChI=1S/C19H24ClN3O3S/c1-26-19-5-4-17(11-18(19)20)27(24,25)22-13-15-6-9-23(10-7-15)14-16-3-2-8-21-12-16/h2-5,8,11-12,15,22H,6-7,9-10,13-14H2,1H3. The second-order valence-electron chi connectivity index (χ2n) is 6.73. The van der Waals surface area contributed by atoms with E-state index in [0.29, 0.717) is 18.2 Å². The molecule has 0 bridgehead atoms. The van der Waals surface area contributed by atoms with Crippen LogP contribution in [0.2, 0.25) is 5.02 Å². The Morgan fingerprint density at radius 2 is 2.07 bits per heavy atom. The van der Waals surface area contributed by atoms with Gasteiger partial charge in [-0.2, -0.15) is 0 Å². The number of piperidine rings is 1. The zero-order valence-electron chi connectivity index (χ0n) is 15.3. The number of benzene rings is 1. The minimum atomic E-state index is -3.58. The van der Waals surface area contributed by atoms with Gasteiger partial charge >= 0.3 is 0 Å². The first kappa shape index (κ1) is 20.1. The summed E-state index contributed by atoms with van der Waals surface area (Å²) in [5, 5.41) is 0.282. The van der Waals surface area contributed by atoms with Crippen molar-refractivity contribution in [3.8, 4) is 5.75 Å². The normalized spacial score (nSPS) is 16.4. The van der Waals surface area contributed by atoms with Crippen molar-refractivity contribution in [2.24, 2.45) is 5.92 Å². The van der Waals surface area contributed by atoms with E-state index < -0.39 is 10.0 Å². The lowest BCUT2D eigenvalue weighted by atomic mass is 9.97. The maximum atomic E-state index is 12.5. The number of rotatable bonds is 7. The molecule has 8 heteroatoms. The second kappa shape index (κ2) is 9.01. The Bertz CT molecular complexity index is 854. The number of aromatic nitrogens is 1. The zero-order valence-corrected chi connectivity index (χ0v) is 16.8. The minimum absolute atomic E-state index is 0.155. The molecule has 1 aliphatic rings. The Morgan fingerprint density at radius 1 is 1.30 bits per heavy atom. The fourth-order valence-corrected chi connectivity index (χ4v) is 4.69. The van der Waals surface area contributed by atoms with Crippen LogP contribution in [0.1, 0.15) is 18.4 Å². The Morgan fingerprint density at radius 3 is 2.70 bits per heavy atom. The van der Waals surface area contributed by atoms with Crippen LogP contribution in [0.4, 0.5) is 0 Å². The molecule has 2 heterocycles. The Balaban J connectivity index is 1.50. The molecule has 0 amide bonds. The fraction of sp³-hybridized carbons (Fsp3) is 0.421. The molecular weight excluding hydrogens is 386 g/mol. The Labute approximate surface area is 165 Å². The van der Waals surface area contributed by atoms with Crippen molar-refractivity contribution >= 4 is 21.6 Å².